The minimum atomic E-state index is -3.54. The number of benzene rings is 2. The summed E-state index contributed by atoms with van der Waals surface area (Å²) in [6, 6.07) is 15.9. The summed E-state index contributed by atoms with van der Waals surface area (Å²) in [5.74, 6) is 2.74. The largest absolute Gasteiger partial charge is 0.465 e. The molecule has 3 N–H and O–H groups in total. The Labute approximate surface area is 535 Å². The summed E-state index contributed by atoms with van der Waals surface area (Å²) < 4.78 is 41.1. The van der Waals surface area contributed by atoms with Crippen LogP contribution in [0.2, 0.25) is 0 Å². The van der Waals surface area contributed by atoms with Crippen LogP contribution >= 0.6 is 0 Å². The van der Waals surface area contributed by atoms with Crippen molar-refractivity contribution in [3.63, 3.8) is 0 Å². The topological polar surface area (TPSA) is 162 Å². The molecular weight excluding hydrogens is 1130 g/mol. The number of methoxy groups -OCH3 is 2. The summed E-state index contributed by atoms with van der Waals surface area (Å²) in [6.07, 6.45) is 23.8. The molecule has 1 saturated heterocycles. The van der Waals surface area contributed by atoms with E-state index in [4.69, 9.17) is 15.2 Å². The summed E-state index contributed by atoms with van der Waals surface area (Å²) >= 11 is 0. The molecule has 89 heavy (non-hydrogen) atoms. The number of ether oxygens (including phenoxy) is 2. The fraction of sp³-hybridized carbons (Fsp3) is 0.740. The molecule has 1 heterocycles. The zero-order chi connectivity index (χ0) is 63.9. The summed E-state index contributed by atoms with van der Waals surface area (Å²) in [5.41, 5.74) is 12.3. The van der Waals surface area contributed by atoms with Crippen LogP contribution in [0.1, 0.15) is 230 Å². The Morgan fingerprint density at radius 1 is 0.596 bits per heavy atom. The number of hydrogen-bond acceptors (Lipinski definition) is 11. The average Bonchev–Trinajstić information content (AvgIpc) is 1.64. The Bertz CT molecular complexity index is 3280. The van der Waals surface area contributed by atoms with Gasteiger partial charge in [-0.15, -0.1) is 0 Å². The lowest BCUT2D eigenvalue weighted by molar-refractivity contribution is -0.220. The minimum absolute atomic E-state index is 0.0165. The maximum Gasteiger partial charge on any atom is 0.337 e. The summed E-state index contributed by atoms with van der Waals surface area (Å²) in [7, 11) is -0.693. The normalized spacial score (nSPS) is 42.9. The van der Waals surface area contributed by atoms with Crippen molar-refractivity contribution in [2.75, 3.05) is 46.2 Å². The number of fused-ring (bicyclic) bond motifs is 11. The molecule has 18 atom stereocenters. The molecule has 9 aliphatic carbocycles. The second-order valence-corrected chi connectivity index (χ2v) is 36.0. The highest BCUT2D eigenvalue weighted by molar-refractivity contribution is 7.92. The van der Waals surface area contributed by atoms with E-state index in [0.717, 1.165) is 115 Å². The van der Waals surface area contributed by atoms with Crippen LogP contribution in [0.4, 0.5) is 0 Å². The standard InChI is InChI=1S/C77H111N3O8S/c1-48-16-26-62-70(6,7)58(52-19-23-54(24-20-52)68(84)88-13)31-36-75(62,33-14-15-59-65-55(49(2)81)28-37-76(65,78)41-39-71(48,59)8)64-47-80(45-46-89(64,85)86)44-43-79-77-38-29-56(50(3)82)66(77)60-25-27-63-72(9)34-30-57(51-17-21-53(22-18-51)67(83)87-12)69(4,5)61(72)32-35-74(63,11)73(60,10)40-42-77/h17-24,30-31,48,55-56,59-66,79H,14-16,25-29,32-47,78H2,1-13H3. The van der Waals surface area contributed by atoms with E-state index in [2.05, 4.69) is 109 Å². The number of allylic oxidation sites excluding steroid dienone is 4. The molecule has 10 aliphatic rings. The molecule has 8 fully saturated rings. The molecule has 18 unspecified atom stereocenters. The van der Waals surface area contributed by atoms with Gasteiger partial charge in [-0.3, -0.25) is 14.5 Å². The Morgan fingerprint density at radius 2 is 1.18 bits per heavy atom. The first-order valence-corrected chi connectivity index (χ1v) is 36.9. The molecule has 2 aromatic rings. The second-order valence-electron chi connectivity index (χ2n) is 33.7. The second kappa shape index (κ2) is 22.9. The average molecular weight is 1240 g/mol. The van der Waals surface area contributed by atoms with Crippen molar-refractivity contribution in [2.45, 2.75) is 214 Å². The summed E-state index contributed by atoms with van der Waals surface area (Å²) in [5, 5.41) is 3.78. The van der Waals surface area contributed by atoms with Crippen LogP contribution in [-0.2, 0) is 28.9 Å². The molecule has 11 nitrogen and oxygen atoms in total. The van der Waals surface area contributed by atoms with Gasteiger partial charge in [-0.25, -0.2) is 18.0 Å². The first-order valence-electron chi connectivity index (χ1n) is 35.2. The van der Waals surface area contributed by atoms with Gasteiger partial charge in [0.15, 0.2) is 9.84 Å². The molecule has 12 heteroatoms. The van der Waals surface area contributed by atoms with Crippen LogP contribution in [0.25, 0.3) is 11.1 Å². The van der Waals surface area contributed by atoms with Gasteiger partial charge in [0.05, 0.1) is 36.3 Å². The molecule has 7 saturated carbocycles. The molecule has 488 valence electrons. The zero-order valence-electron chi connectivity index (χ0n) is 56.8. The van der Waals surface area contributed by atoms with E-state index in [0.29, 0.717) is 66.0 Å². The SMILES string of the molecule is COC(=O)c1ccc(C2=CCC3(C)C(CCC4(C)C3CCC3C5C(C(C)=O)CCC5(NCCN5CCS(=O)(=O)C(C67CC=C(c8ccc(C(=O)OC)cc8)C(C)(C)C6CCC(C)C6(C)CCC8(N)CCC(C(C)=O)C8C6CCC7)C5)CCC34C)C2(C)C)cc1. The summed E-state index contributed by atoms with van der Waals surface area (Å²) in [6.45, 7) is 28.8. The van der Waals surface area contributed by atoms with Crippen molar-refractivity contribution in [1.29, 1.82) is 0 Å². The van der Waals surface area contributed by atoms with Gasteiger partial charge in [-0.1, -0.05) is 105 Å². The first kappa shape index (κ1) is 65.1. The Hall–Kier alpha value is -3.97. The molecule has 12 rings (SSSR count). The molecule has 0 bridgehead atoms. The number of sulfone groups is 1. The van der Waals surface area contributed by atoms with E-state index in [1.54, 1.807) is 6.92 Å². The smallest absolute Gasteiger partial charge is 0.337 e. The zero-order valence-corrected chi connectivity index (χ0v) is 57.6. The number of carbonyl (C=O) groups is 4. The van der Waals surface area contributed by atoms with Crippen molar-refractivity contribution < 1.29 is 37.1 Å². The molecule has 0 amide bonds. The molecule has 0 radical (unpaired) electrons. The lowest BCUT2D eigenvalue weighted by atomic mass is 9.33. The van der Waals surface area contributed by atoms with Gasteiger partial charge in [0, 0.05) is 49.1 Å². The highest BCUT2D eigenvalue weighted by atomic mass is 32.2. The Balaban J connectivity index is 0.814. The maximum atomic E-state index is 15.5. The predicted octanol–water partition coefficient (Wildman–Crippen LogP) is 14.8. The fourth-order valence-corrected chi connectivity index (χ4v) is 27.4. The number of esters is 2. The van der Waals surface area contributed by atoms with Crippen LogP contribution in [0.5, 0.6) is 0 Å². The van der Waals surface area contributed by atoms with E-state index < -0.39 is 25.9 Å². The lowest BCUT2D eigenvalue weighted by Gasteiger charge is -2.72. The number of nitrogens with zero attached hydrogens (tertiary/aromatic N) is 1. The maximum absolute atomic E-state index is 15.5. The summed E-state index contributed by atoms with van der Waals surface area (Å²) in [4.78, 5) is 55.2. The van der Waals surface area contributed by atoms with E-state index in [1.165, 1.54) is 50.2 Å². The fourth-order valence-electron chi connectivity index (χ4n) is 25.1. The number of ketones is 2. The van der Waals surface area contributed by atoms with Gasteiger partial charge in [0.2, 0.25) is 0 Å². The van der Waals surface area contributed by atoms with Crippen LogP contribution < -0.4 is 11.1 Å². The quantitative estimate of drug-likeness (QED) is 0.206. The first-order chi connectivity index (χ1) is 41.9. The lowest BCUT2D eigenvalue weighted by Crippen LogP contribution is -2.68. The third kappa shape index (κ3) is 10.1. The van der Waals surface area contributed by atoms with Gasteiger partial charge >= 0.3 is 11.9 Å². The minimum Gasteiger partial charge on any atom is -0.465 e. The van der Waals surface area contributed by atoms with Crippen molar-refractivity contribution >= 4 is 44.5 Å². The number of Topliss-reactive ketones (excluding diaryl/α,β-unsaturated/α-hetero) is 2. The van der Waals surface area contributed by atoms with Crippen LogP contribution in [0, 0.1) is 97.1 Å². The Morgan fingerprint density at radius 3 is 1.80 bits per heavy atom. The molecular formula is C77H111N3O8S. The number of hydrogen-bond donors (Lipinski definition) is 2. The molecule has 0 spiro atoms. The number of nitrogens with one attached hydrogen (secondary N) is 1. The Kier molecular flexibility index (Phi) is 16.8. The van der Waals surface area contributed by atoms with Crippen molar-refractivity contribution in [3.05, 3.63) is 82.9 Å². The van der Waals surface area contributed by atoms with E-state index in [1.807, 2.05) is 31.2 Å². The van der Waals surface area contributed by atoms with Crippen molar-refractivity contribution in [3.8, 4) is 0 Å². The third-order valence-electron chi connectivity index (χ3n) is 29.9. The highest BCUT2D eigenvalue weighted by Gasteiger charge is 2.71. The van der Waals surface area contributed by atoms with E-state index >= 15 is 8.42 Å². The van der Waals surface area contributed by atoms with Crippen LogP contribution in [0.3, 0.4) is 0 Å². The van der Waals surface area contributed by atoms with Crippen LogP contribution in [-0.4, -0.2) is 99.3 Å². The van der Waals surface area contributed by atoms with Gasteiger partial charge in [0.1, 0.15) is 11.6 Å². The van der Waals surface area contributed by atoms with Gasteiger partial charge in [-0.05, 0) is 261 Å². The van der Waals surface area contributed by atoms with Crippen LogP contribution in [0.15, 0.2) is 60.7 Å². The highest BCUT2D eigenvalue weighted by Crippen LogP contribution is 2.77. The van der Waals surface area contributed by atoms with Gasteiger partial charge < -0.3 is 20.5 Å². The third-order valence-corrected chi connectivity index (χ3v) is 32.2. The molecule has 2 aromatic carbocycles. The predicted molar refractivity (Wildman–Crippen MR) is 355 cm³/mol. The van der Waals surface area contributed by atoms with E-state index in [9.17, 15) is 19.2 Å². The monoisotopic (exact) mass is 1240 g/mol. The number of nitrogens with two attached hydrogens (primary N) is 1. The number of carbonyl (C=O) groups excluding carboxylic acids is 4. The van der Waals surface area contributed by atoms with Gasteiger partial charge in [0.25, 0.3) is 0 Å². The molecule has 1 aliphatic heterocycles. The van der Waals surface area contributed by atoms with Gasteiger partial charge in [-0.2, -0.15) is 0 Å². The van der Waals surface area contributed by atoms with Crippen molar-refractivity contribution in [2.24, 2.45) is 103 Å². The number of rotatable bonds is 11. The van der Waals surface area contributed by atoms with E-state index in [-0.39, 0.29) is 91.2 Å². The molecule has 0 aromatic heterocycles. The van der Waals surface area contributed by atoms with Crippen molar-refractivity contribution in [1.82, 2.24) is 10.2 Å².